The highest BCUT2D eigenvalue weighted by atomic mass is 35.5. The number of pyridine rings is 1. The quantitative estimate of drug-likeness (QED) is 0.487. The summed E-state index contributed by atoms with van der Waals surface area (Å²) in [5, 5.41) is 29.7. The molecule has 1 aromatic carbocycles. The van der Waals surface area contributed by atoms with E-state index in [9.17, 15) is 10.2 Å². The zero-order valence-corrected chi connectivity index (χ0v) is 17.4. The first-order valence-electron chi connectivity index (χ1n) is 9.71. The second kappa shape index (κ2) is 8.13. The van der Waals surface area contributed by atoms with Crippen LogP contribution in [-0.4, -0.2) is 61.8 Å². The Hall–Kier alpha value is -2.23. The SMILES string of the molecule is CC(C)(O)c1ccc(-c2nc3nc(OC4COC(CO)C(O)C4)[nH]c3cc2Cl)cc1. The minimum Gasteiger partial charge on any atom is -0.459 e. The van der Waals surface area contributed by atoms with E-state index in [2.05, 4.69) is 15.0 Å². The average molecular weight is 434 g/mol. The van der Waals surface area contributed by atoms with Gasteiger partial charge in [0, 0.05) is 12.0 Å². The molecule has 4 N–H and O–H groups in total. The summed E-state index contributed by atoms with van der Waals surface area (Å²) >= 11 is 6.44. The molecule has 0 amide bonds. The van der Waals surface area contributed by atoms with Crippen LogP contribution in [0.1, 0.15) is 25.8 Å². The topological polar surface area (TPSA) is 121 Å². The molecule has 30 heavy (non-hydrogen) atoms. The fourth-order valence-corrected chi connectivity index (χ4v) is 3.70. The van der Waals surface area contributed by atoms with E-state index < -0.39 is 23.9 Å². The van der Waals surface area contributed by atoms with E-state index >= 15 is 0 Å². The van der Waals surface area contributed by atoms with Gasteiger partial charge in [0.1, 0.15) is 12.2 Å². The summed E-state index contributed by atoms with van der Waals surface area (Å²) < 4.78 is 11.2. The van der Waals surface area contributed by atoms with Crippen molar-refractivity contribution in [2.75, 3.05) is 13.2 Å². The first kappa shape index (κ1) is 21.0. The van der Waals surface area contributed by atoms with Crippen LogP contribution in [0.2, 0.25) is 5.02 Å². The van der Waals surface area contributed by atoms with Crippen LogP contribution in [0.3, 0.4) is 0 Å². The van der Waals surface area contributed by atoms with E-state index in [0.29, 0.717) is 28.3 Å². The van der Waals surface area contributed by atoms with Gasteiger partial charge in [0.15, 0.2) is 5.65 Å². The second-order valence-electron chi connectivity index (χ2n) is 7.97. The minimum atomic E-state index is -0.929. The monoisotopic (exact) mass is 433 g/mol. The molecule has 8 nitrogen and oxygen atoms in total. The molecule has 3 heterocycles. The predicted molar refractivity (Wildman–Crippen MR) is 111 cm³/mol. The van der Waals surface area contributed by atoms with Crippen molar-refractivity contribution in [1.82, 2.24) is 15.0 Å². The molecule has 3 unspecified atom stereocenters. The fourth-order valence-electron chi connectivity index (χ4n) is 3.44. The van der Waals surface area contributed by atoms with E-state index in [-0.39, 0.29) is 19.2 Å². The van der Waals surface area contributed by atoms with Crippen molar-refractivity contribution in [3.8, 4) is 17.3 Å². The van der Waals surface area contributed by atoms with E-state index in [4.69, 9.17) is 26.2 Å². The van der Waals surface area contributed by atoms with Gasteiger partial charge in [0.05, 0.1) is 41.2 Å². The lowest BCUT2D eigenvalue weighted by molar-refractivity contribution is -0.131. The molecule has 0 radical (unpaired) electrons. The van der Waals surface area contributed by atoms with Crippen molar-refractivity contribution in [3.63, 3.8) is 0 Å². The number of rotatable bonds is 5. The zero-order chi connectivity index (χ0) is 21.5. The maximum absolute atomic E-state index is 10.1. The number of H-pyrrole nitrogens is 1. The Morgan fingerprint density at radius 2 is 2.00 bits per heavy atom. The highest BCUT2D eigenvalue weighted by molar-refractivity contribution is 6.33. The van der Waals surface area contributed by atoms with E-state index in [1.165, 1.54) is 0 Å². The van der Waals surface area contributed by atoms with Gasteiger partial charge < -0.3 is 29.8 Å². The predicted octanol–water partition coefficient (Wildman–Crippen LogP) is 2.40. The normalized spacial score (nSPS) is 22.4. The first-order chi connectivity index (χ1) is 14.2. The lowest BCUT2D eigenvalue weighted by atomic mass is 9.96. The van der Waals surface area contributed by atoms with Crippen LogP contribution in [0.5, 0.6) is 6.01 Å². The molecule has 0 saturated carbocycles. The van der Waals surface area contributed by atoms with Crippen LogP contribution in [-0.2, 0) is 10.3 Å². The Kier molecular flexibility index (Phi) is 5.69. The molecule has 0 spiro atoms. The van der Waals surface area contributed by atoms with E-state index in [1.807, 2.05) is 24.3 Å². The van der Waals surface area contributed by atoms with Crippen molar-refractivity contribution in [2.45, 2.75) is 44.2 Å². The third kappa shape index (κ3) is 4.28. The van der Waals surface area contributed by atoms with E-state index in [0.717, 1.165) is 11.1 Å². The molecule has 9 heteroatoms. The van der Waals surface area contributed by atoms with Crippen LogP contribution >= 0.6 is 11.6 Å². The number of imidazole rings is 1. The number of halogens is 1. The van der Waals surface area contributed by atoms with Crippen molar-refractivity contribution in [3.05, 3.63) is 40.9 Å². The molecule has 1 aliphatic heterocycles. The van der Waals surface area contributed by atoms with Crippen LogP contribution in [0.15, 0.2) is 30.3 Å². The molecule has 4 rings (SSSR count). The number of hydrogen-bond acceptors (Lipinski definition) is 7. The number of aromatic amines is 1. The van der Waals surface area contributed by atoms with Crippen LogP contribution in [0, 0.1) is 0 Å². The number of fused-ring (bicyclic) bond motifs is 1. The van der Waals surface area contributed by atoms with Crippen molar-refractivity contribution in [2.24, 2.45) is 0 Å². The molecule has 3 aromatic rings. The van der Waals surface area contributed by atoms with Crippen LogP contribution in [0.25, 0.3) is 22.4 Å². The molecule has 3 atom stereocenters. The Morgan fingerprint density at radius 1 is 1.27 bits per heavy atom. The molecule has 2 aromatic heterocycles. The van der Waals surface area contributed by atoms with Gasteiger partial charge >= 0.3 is 0 Å². The number of hydrogen-bond donors (Lipinski definition) is 4. The number of aliphatic hydroxyl groups is 3. The molecular formula is C21H24ClN3O5. The van der Waals surface area contributed by atoms with E-state index in [1.54, 1.807) is 19.9 Å². The molecule has 1 aliphatic rings. The van der Waals surface area contributed by atoms with Gasteiger partial charge in [-0.3, -0.25) is 0 Å². The number of nitrogens with one attached hydrogen (secondary N) is 1. The molecular weight excluding hydrogens is 410 g/mol. The summed E-state index contributed by atoms with van der Waals surface area (Å²) in [4.78, 5) is 12.0. The second-order valence-corrected chi connectivity index (χ2v) is 8.37. The van der Waals surface area contributed by atoms with Gasteiger partial charge in [-0.1, -0.05) is 35.9 Å². The maximum atomic E-state index is 10.1. The summed E-state index contributed by atoms with van der Waals surface area (Å²) in [6.07, 6.45) is -1.46. The summed E-state index contributed by atoms with van der Waals surface area (Å²) in [5.41, 5.74) is 2.31. The van der Waals surface area contributed by atoms with Crippen molar-refractivity contribution in [1.29, 1.82) is 0 Å². The van der Waals surface area contributed by atoms with Gasteiger partial charge in [-0.15, -0.1) is 0 Å². The number of ether oxygens (including phenoxy) is 2. The fraction of sp³-hybridized carbons (Fsp3) is 0.429. The summed E-state index contributed by atoms with van der Waals surface area (Å²) in [6.45, 7) is 3.46. The Balaban J connectivity index is 1.56. The smallest absolute Gasteiger partial charge is 0.296 e. The van der Waals surface area contributed by atoms with Crippen molar-refractivity contribution >= 4 is 22.8 Å². The standard InChI is InChI=1S/C21H24ClN3O5/c1-21(2,28)12-5-3-11(4-6-12)18-14(22)8-15-19(24-18)25-20(23-15)30-13-7-16(27)17(9-26)29-10-13/h3-6,8,13,16-17,26-28H,7,9-10H2,1-2H3,(H,23,24,25). The Bertz CT molecular complexity index is 1030. The average Bonchev–Trinajstić information content (AvgIpc) is 3.08. The Morgan fingerprint density at radius 3 is 2.63 bits per heavy atom. The Labute approximate surface area is 178 Å². The lowest BCUT2D eigenvalue weighted by Crippen LogP contribution is -2.45. The van der Waals surface area contributed by atoms with Gasteiger partial charge in [0.25, 0.3) is 6.01 Å². The minimum absolute atomic E-state index is 0.236. The molecule has 1 fully saturated rings. The molecule has 0 aliphatic carbocycles. The first-order valence-corrected chi connectivity index (χ1v) is 10.1. The number of aliphatic hydroxyl groups excluding tert-OH is 2. The summed E-state index contributed by atoms with van der Waals surface area (Å²) in [6, 6.07) is 9.38. The highest BCUT2D eigenvalue weighted by Gasteiger charge is 2.31. The molecule has 0 bridgehead atoms. The summed E-state index contributed by atoms with van der Waals surface area (Å²) in [5.74, 6) is 0. The van der Waals surface area contributed by atoms with Crippen molar-refractivity contribution < 1.29 is 24.8 Å². The third-order valence-corrected chi connectivity index (χ3v) is 5.45. The largest absolute Gasteiger partial charge is 0.459 e. The van der Waals surface area contributed by atoms with Gasteiger partial charge in [0.2, 0.25) is 0 Å². The molecule has 160 valence electrons. The number of aromatic nitrogens is 3. The van der Waals surface area contributed by atoms with Gasteiger partial charge in [-0.25, -0.2) is 4.98 Å². The van der Waals surface area contributed by atoms with Crippen LogP contribution < -0.4 is 4.74 Å². The van der Waals surface area contributed by atoms with Gasteiger partial charge in [-0.05, 0) is 25.5 Å². The van der Waals surface area contributed by atoms with Crippen LogP contribution in [0.4, 0.5) is 0 Å². The number of benzene rings is 1. The summed E-state index contributed by atoms with van der Waals surface area (Å²) in [7, 11) is 0. The molecule has 1 saturated heterocycles. The zero-order valence-electron chi connectivity index (χ0n) is 16.7. The maximum Gasteiger partial charge on any atom is 0.296 e. The number of nitrogens with zero attached hydrogens (tertiary/aromatic N) is 2. The lowest BCUT2D eigenvalue weighted by Gasteiger charge is -2.31. The highest BCUT2D eigenvalue weighted by Crippen LogP contribution is 2.31. The third-order valence-electron chi connectivity index (χ3n) is 5.16. The van der Waals surface area contributed by atoms with Gasteiger partial charge in [-0.2, -0.15) is 4.98 Å².